The molecule has 3 atom stereocenters. The minimum Gasteiger partial charge on any atom is -0.485 e. The van der Waals surface area contributed by atoms with Crippen LogP contribution in [0.3, 0.4) is 0 Å². The van der Waals surface area contributed by atoms with E-state index in [4.69, 9.17) is 18.9 Å². The largest absolute Gasteiger partial charge is 0.485 e. The second-order valence-electron chi connectivity index (χ2n) is 8.60. The Morgan fingerprint density at radius 2 is 1.38 bits per heavy atom. The average molecular weight is 457 g/mol. The molecule has 0 amide bonds. The molecule has 4 heteroatoms. The van der Waals surface area contributed by atoms with Gasteiger partial charge in [0.05, 0.1) is 13.2 Å². The Labute approximate surface area is 202 Å². The van der Waals surface area contributed by atoms with Gasteiger partial charge >= 0.3 is 0 Å². The molecular formula is C30H32O4. The topological polar surface area (TPSA) is 36.9 Å². The third-order valence-electron chi connectivity index (χ3n) is 5.87. The Morgan fingerprint density at radius 1 is 0.882 bits per heavy atom. The van der Waals surface area contributed by atoms with Crippen molar-refractivity contribution in [1.82, 2.24) is 0 Å². The van der Waals surface area contributed by atoms with Gasteiger partial charge in [0.2, 0.25) is 0 Å². The molecule has 0 aliphatic carbocycles. The predicted molar refractivity (Wildman–Crippen MR) is 133 cm³/mol. The number of hydrogen-bond acceptors (Lipinski definition) is 4. The molecule has 0 unspecified atom stereocenters. The summed E-state index contributed by atoms with van der Waals surface area (Å²) in [6.45, 7) is 6.59. The van der Waals surface area contributed by atoms with Gasteiger partial charge in [-0.05, 0) is 43.0 Å². The third kappa shape index (κ3) is 5.49. The van der Waals surface area contributed by atoms with Gasteiger partial charge in [-0.15, -0.1) is 0 Å². The highest BCUT2D eigenvalue weighted by atomic mass is 16.7. The number of ether oxygens (including phenoxy) is 4. The summed E-state index contributed by atoms with van der Waals surface area (Å²) < 4.78 is 24.7. The summed E-state index contributed by atoms with van der Waals surface area (Å²) in [7, 11) is 0. The van der Waals surface area contributed by atoms with E-state index in [-0.39, 0.29) is 18.5 Å². The highest BCUT2D eigenvalue weighted by Gasteiger charge is 2.40. The van der Waals surface area contributed by atoms with Gasteiger partial charge in [-0.25, -0.2) is 0 Å². The molecule has 3 aromatic carbocycles. The smallest absolute Gasteiger partial charge is 0.155 e. The molecule has 0 saturated carbocycles. The van der Waals surface area contributed by atoms with Crippen molar-refractivity contribution in [2.24, 2.45) is 0 Å². The number of rotatable bonds is 8. The fourth-order valence-electron chi connectivity index (χ4n) is 4.20. The molecule has 0 radical (unpaired) electrons. The first-order chi connectivity index (χ1) is 16.6. The molecular weight excluding hydrogens is 424 g/mol. The van der Waals surface area contributed by atoms with Crippen molar-refractivity contribution in [1.29, 1.82) is 0 Å². The van der Waals surface area contributed by atoms with Crippen molar-refractivity contribution in [2.75, 3.05) is 13.2 Å². The first kappa shape index (κ1) is 24.0. The van der Waals surface area contributed by atoms with E-state index in [1.165, 1.54) is 0 Å². The van der Waals surface area contributed by atoms with Crippen molar-refractivity contribution in [3.05, 3.63) is 125 Å². The lowest BCUT2D eigenvalue weighted by atomic mass is 9.80. The summed E-state index contributed by atoms with van der Waals surface area (Å²) in [6, 6.07) is 31.0. The number of allylic oxidation sites excluding steroid dienone is 1. The second kappa shape index (κ2) is 11.3. The molecule has 1 heterocycles. The first-order valence-electron chi connectivity index (χ1n) is 11.7. The van der Waals surface area contributed by atoms with Crippen LogP contribution in [0.2, 0.25) is 0 Å². The lowest BCUT2D eigenvalue weighted by molar-refractivity contribution is -0.259. The zero-order chi connectivity index (χ0) is 23.8. The third-order valence-corrected chi connectivity index (χ3v) is 5.87. The summed E-state index contributed by atoms with van der Waals surface area (Å²) in [4.78, 5) is 0. The van der Waals surface area contributed by atoms with Gasteiger partial charge in [0.15, 0.2) is 12.4 Å². The molecule has 1 aliphatic heterocycles. The van der Waals surface area contributed by atoms with Gasteiger partial charge in [0.25, 0.3) is 0 Å². The van der Waals surface area contributed by atoms with Crippen molar-refractivity contribution in [2.45, 2.75) is 44.9 Å². The van der Waals surface area contributed by atoms with E-state index in [9.17, 15) is 0 Å². The lowest BCUT2D eigenvalue weighted by Gasteiger charge is -2.40. The normalized spacial score (nSPS) is 20.3. The van der Waals surface area contributed by atoms with Crippen LogP contribution in [0.4, 0.5) is 0 Å². The monoisotopic (exact) mass is 456 g/mol. The van der Waals surface area contributed by atoms with Crippen LogP contribution in [-0.4, -0.2) is 31.7 Å². The van der Waals surface area contributed by atoms with Gasteiger partial charge in [0, 0.05) is 0 Å². The van der Waals surface area contributed by atoms with E-state index < -0.39 is 5.60 Å². The standard InChI is InChI=1S/C30H32O4/c1-23(2)19-20-31-28-21-32-24(3)34-29(28)22-33-30(25-13-7-4-8-14-25,26-15-9-5-10-16-26)27-17-11-6-12-18-27/h4-18,20,24,28-29H,21-22H2,1-3H3/t24-,28-,29+/m1/s1. The predicted octanol–water partition coefficient (Wildman–Crippen LogP) is 6.22. The van der Waals surface area contributed by atoms with Gasteiger partial charge in [0.1, 0.15) is 18.0 Å². The molecule has 4 nitrogen and oxygen atoms in total. The van der Waals surface area contributed by atoms with Crippen molar-refractivity contribution in [3.8, 4) is 0 Å². The SMILES string of the molecule is CC(C)=C=CO[C@@H]1CO[C@@H](C)O[C@H]1COC(c1ccccc1)(c1ccccc1)c1ccccc1. The number of benzene rings is 3. The van der Waals surface area contributed by atoms with Crippen LogP contribution in [-0.2, 0) is 24.5 Å². The second-order valence-corrected chi connectivity index (χ2v) is 8.60. The summed E-state index contributed by atoms with van der Waals surface area (Å²) in [5.41, 5.74) is 6.47. The van der Waals surface area contributed by atoms with E-state index in [1.807, 2.05) is 75.4 Å². The summed E-state index contributed by atoms with van der Waals surface area (Å²) in [5.74, 6) is 0. The van der Waals surface area contributed by atoms with Crippen molar-refractivity contribution < 1.29 is 18.9 Å². The summed E-state index contributed by atoms with van der Waals surface area (Å²) >= 11 is 0. The van der Waals surface area contributed by atoms with E-state index in [0.29, 0.717) is 13.2 Å². The zero-order valence-corrected chi connectivity index (χ0v) is 20.0. The highest BCUT2D eigenvalue weighted by molar-refractivity contribution is 5.47. The van der Waals surface area contributed by atoms with Crippen LogP contribution in [0.15, 0.2) is 109 Å². The fourth-order valence-corrected chi connectivity index (χ4v) is 4.20. The molecule has 1 fully saturated rings. The Bertz CT molecular complexity index is 988. The minimum absolute atomic E-state index is 0.303. The van der Waals surface area contributed by atoms with Crippen LogP contribution in [0.1, 0.15) is 37.5 Å². The average Bonchev–Trinajstić information content (AvgIpc) is 2.87. The summed E-state index contributed by atoms with van der Waals surface area (Å²) in [5, 5.41) is 0. The molecule has 0 spiro atoms. The fraction of sp³-hybridized carbons (Fsp3) is 0.300. The molecule has 4 rings (SSSR count). The summed E-state index contributed by atoms with van der Waals surface area (Å²) in [6.07, 6.45) is 0.646. The van der Waals surface area contributed by atoms with Crippen LogP contribution in [0.25, 0.3) is 0 Å². The van der Waals surface area contributed by atoms with Crippen LogP contribution in [0.5, 0.6) is 0 Å². The number of hydrogen-bond donors (Lipinski definition) is 0. The Balaban J connectivity index is 1.73. The van der Waals surface area contributed by atoms with Gasteiger partial charge in [-0.1, -0.05) is 96.7 Å². The van der Waals surface area contributed by atoms with Gasteiger partial charge < -0.3 is 18.9 Å². The van der Waals surface area contributed by atoms with E-state index in [0.717, 1.165) is 22.3 Å². The molecule has 0 bridgehead atoms. The van der Waals surface area contributed by atoms with E-state index in [1.54, 1.807) is 6.26 Å². The maximum atomic E-state index is 6.93. The Hall–Kier alpha value is -3.14. The van der Waals surface area contributed by atoms with Gasteiger partial charge in [-0.2, -0.15) is 0 Å². The maximum absolute atomic E-state index is 6.93. The van der Waals surface area contributed by atoms with Crippen molar-refractivity contribution in [3.63, 3.8) is 0 Å². The molecule has 0 aromatic heterocycles. The van der Waals surface area contributed by atoms with Gasteiger partial charge in [-0.3, -0.25) is 0 Å². The van der Waals surface area contributed by atoms with E-state index in [2.05, 4.69) is 42.1 Å². The maximum Gasteiger partial charge on any atom is 0.155 e. The molecule has 1 aliphatic rings. The quantitative estimate of drug-likeness (QED) is 0.229. The molecule has 0 N–H and O–H groups in total. The lowest BCUT2D eigenvalue weighted by Crippen LogP contribution is -2.48. The van der Waals surface area contributed by atoms with E-state index >= 15 is 0 Å². The van der Waals surface area contributed by atoms with Crippen LogP contribution < -0.4 is 0 Å². The Morgan fingerprint density at radius 3 is 1.85 bits per heavy atom. The molecule has 176 valence electrons. The molecule has 1 saturated heterocycles. The zero-order valence-electron chi connectivity index (χ0n) is 20.0. The molecule has 34 heavy (non-hydrogen) atoms. The highest BCUT2D eigenvalue weighted by Crippen LogP contribution is 2.41. The minimum atomic E-state index is -0.811. The van der Waals surface area contributed by atoms with Crippen LogP contribution >= 0.6 is 0 Å². The first-order valence-corrected chi connectivity index (χ1v) is 11.7. The van der Waals surface area contributed by atoms with Crippen LogP contribution in [0, 0.1) is 0 Å². The Kier molecular flexibility index (Phi) is 7.99. The molecule has 3 aromatic rings. The van der Waals surface area contributed by atoms with Crippen molar-refractivity contribution >= 4 is 0 Å².